The van der Waals surface area contributed by atoms with Gasteiger partial charge in [0, 0.05) is 19.0 Å². The van der Waals surface area contributed by atoms with Gasteiger partial charge in [0.1, 0.15) is 0 Å². The molecule has 0 aliphatic carbocycles. The average molecular weight is 188 g/mol. The Hall–Kier alpha value is -1.10. The van der Waals surface area contributed by atoms with Crippen LogP contribution in [-0.4, -0.2) is 42.0 Å². The normalized spacial score (nSPS) is 12.8. The number of primary amides is 1. The first kappa shape index (κ1) is 11.9. The highest BCUT2D eigenvalue weighted by molar-refractivity contribution is 5.76. The summed E-state index contributed by atoms with van der Waals surface area (Å²) in [6, 6.07) is 0. The zero-order valence-electron chi connectivity index (χ0n) is 7.99. The van der Waals surface area contributed by atoms with Crippen molar-refractivity contribution in [1.29, 1.82) is 0 Å². The molecule has 0 aliphatic heterocycles. The predicted octanol–water partition coefficient (Wildman–Crippen LogP) is -0.486. The van der Waals surface area contributed by atoms with Gasteiger partial charge in [0.05, 0.1) is 6.42 Å². The Morgan fingerprint density at radius 2 is 2.08 bits per heavy atom. The van der Waals surface area contributed by atoms with E-state index in [-0.39, 0.29) is 18.2 Å². The molecule has 1 amide bonds. The maximum atomic E-state index is 10.7. The van der Waals surface area contributed by atoms with Gasteiger partial charge >= 0.3 is 5.97 Å². The highest BCUT2D eigenvalue weighted by Gasteiger charge is 2.11. The average Bonchev–Trinajstić information content (AvgIpc) is 2.00. The summed E-state index contributed by atoms with van der Waals surface area (Å²) in [6.07, 6.45) is 0.0853. The number of aliphatic carboxylic acids is 1. The van der Waals surface area contributed by atoms with Crippen molar-refractivity contribution in [2.24, 2.45) is 11.7 Å². The number of rotatable bonds is 6. The summed E-state index contributed by atoms with van der Waals surface area (Å²) in [5, 5.41) is 8.39. The lowest BCUT2D eigenvalue weighted by molar-refractivity contribution is -0.137. The molecule has 0 aromatic heterocycles. The van der Waals surface area contributed by atoms with Crippen LogP contribution in [0.25, 0.3) is 0 Å². The zero-order valence-corrected chi connectivity index (χ0v) is 7.99. The smallest absolute Gasteiger partial charge is 0.304 e. The van der Waals surface area contributed by atoms with Crippen molar-refractivity contribution in [1.82, 2.24) is 4.90 Å². The van der Waals surface area contributed by atoms with Gasteiger partial charge in [-0.3, -0.25) is 9.59 Å². The fourth-order valence-electron chi connectivity index (χ4n) is 0.935. The lowest BCUT2D eigenvalue weighted by Crippen LogP contribution is -2.33. The van der Waals surface area contributed by atoms with E-state index in [2.05, 4.69) is 0 Å². The lowest BCUT2D eigenvalue weighted by Gasteiger charge is -2.18. The second-order valence-corrected chi connectivity index (χ2v) is 3.21. The van der Waals surface area contributed by atoms with E-state index >= 15 is 0 Å². The van der Waals surface area contributed by atoms with E-state index < -0.39 is 5.97 Å². The summed E-state index contributed by atoms with van der Waals surface area (Å²) >= 11 is 0. The third-order valence-corrected chi connectivity index (χ3v) is 1.78. The highest BCUT2D eigenvalue weighted by Crippen LogP contribution is 1.97. The molecule has 0 aromatic carbocycles. The van der Waals surface area contributed by atoms with Crippen molar-refractivity contribution in [3.8, 4) is 0 Å². The van der Waals surface area contributed by atoms with Crippen LogP contribution in [0.3, 0.4) is 0 Å². The van der Waals surface area contributed by atoms with Crippen LogP contribution in [0.15, 0.2) is 0 Å². The Morgan fingerprint density at radius 3 is 2.46 bits per heavy atom. The number of carbonyl (C=O) groups is 2. The lowest BCUT2D eigenvalue weighted by atomic mass is 10.1. The SMILES string of the molecule is CC(CN(C)CCC(=O)O)C(N)=O. The molecular weight excluding hydrogens is 172 g/mol. The maximum Gasteiger partial charge on any atom is 0.304 e. The minimum absolute atomic E-state index is 0.0853. The van der Waals surface area contributed by atoms with Crippen molar-refractivity contribution in [3.63, 3.8) is 0 Å². The number of nitrogens with two attached hydrogens (primary N) is 1. The molecule has 0 saturated carbocycles. The molecule has 0 aromatic rings. The minimum atomic E-state index is -0.835. The summed E-state index contributed by atoms with van der Waals surface area (Å²) in [4.78, 5) is 22.6. The third kappa shape index (κ3) is 6.10. The van der Waals surface area contributed by atoms with Crippen LogP contribution in [-0.2, 0) is 9.59 Å². The van der Waals surface area contributed by atoms with E-state index in [1.165, 1.54) is 0 Å². The zero-order chi connectivity index (χ0) is 10.4. The Labute approximate surface area is 77.5 Å². The molecule has 3 N–H and O–H groups in total. The van der Waals surface area contributed by atoms with Gasteiger partial charge in [-0.2, -0.15) is 0 Å². The molecule has 0 heterocycles. The van der Waals surface area contributed by atoms with Gasteiger partial charge in [0.25, 0.3) is 0 Å². The molecule has 0 bridgehead atoms. The van der Waals surface area contributed by atoms with E-state index in [1.54, 1.807) is 18.9 Å². The second kappa shape index (κ2) is 5.53. The summed E-state index contributed by atoms with van der Waals surface area (Å²) < 4.78 is 0. The van der Waals surface area contributed by atoms with Gasteiger partial charge in [-0.05, 0) is 7.05 Å². The van der Waals surface area contributed by atoms with E-state index in [1.807, 2.05) is 0 Å². The standard InChI is InChI=1S/C8H16N2O3/c1-6(8(9)13)5-10(2)4-3-7(11)12/h6H,3-5H2,1-2H3,(H2,9,13)(H,11,12). The Balaban J connectivity index is 3.67. The van der Waals surface area contributed by atoms with Gasteiger partial charge in [-0.15, -0.1) is 0 Å². The first-order valence-electron chi connectivity index (χ1n) is 4.13. The number of carboxylic acids is 1. The fraction of sp³-hybridized carbons (Fsp3) is 0.750. The van der Waals surface area contributed by atoms with Crippen molar-refractivity contribution in [3.05, 3.63) is 0 Å². The molecule has 0 aliphatic rings. The molecular formula is C8H16N2O3. The summed E-state index contributed by atoms with van der Waals surface area (Å²) in [6.45, 7) is 2.66. The van der Waals surface area contributed by atoms with Crippen molar-refractivity contribution in [2.45, 2.75) is 13.3 Å². The van der Waals surface area contributed by atoms with Crippen LogP contribution in [0.2, 0.25) is 0 Å². The van der Waals surface area contributed by atoms with E-state index in [0.29, 0.717) is 13.1 Å². The fourth-order valence-corrected chi connectivity index (χ4v) is 0.935. The number of carboxylic acid groups (broad SMARTS) is 1. The van der Waals surface area contributed by atoms with E-state index in [9.17, 15) is 9.59 Å². The van der Waals surface area contributed by atoms with Crippen LogP contribution in [0.5, 0.6) is 0 Å². The summed E-state index contributed by atoms with van der Waals surface area (Å²) in [5.74, 6) is -1.43. The molecule has 0 rings (SSSR count). The molecule has 5 nitrogen and oxygen atoms in total. The van der Waals surface area contributed by atoms with Gasteiger partial charge in [-0.25, -0.2) is 0 Å². The number of amides is 1. The van der Waals surface area contributed by atoms with Crippen LogP contribution in [0, 0.1) is 5.92 Å². The topological polar surface area (TPSA) is 83.6 Å². The highest BCUT2D eigenvalue weighted by atomic mass is 16.4. The first-order chi connectivity index (χ1) is 5.93. The number of nitrogens with zero attached hydrogens (tertiary/aromatic N) is 1. The van der Waals surface area contributed by atoms with Crippen LogP contribution in [0.4, 0.5) is 0 Å². The van der Waals surface area contributed by atoms with E-state index in [0.717, 1.165) is 0 Å². The van der Waals surface area contributed by atoms with Gasteiger partial charge < -0.3 is 15.7 Å². The molecule has 76 valence electrons. The molecule has 0 spiro atoms. The first-order valence-corrected chi connectivity index (χ1v) is 4.13. The Kier molecular flexibility index (Phi) is 5.06. The molecule has 1 atom stereocenters. The Bertz CT molecular complexity index is 194. The monoisotopic (exact) mass is 188 g/mol. The molecule has 1 unspecified atom stereocenters. The molecule has 0 saturated heterocycles. The number of hydrogen-bond acceptors (Lipinski definition) is 3. The number of carbonyl (C=O) groups excluding carboxylic acids is 1. The largest absolute Gasteiger partial charge is 0.481 e. The van der Waals surface area contributed by atoms with E-state index in [4.69, 9.17) is 10.8 Å². The van der Waals surface area contributed by atoms with Gasteiger partial charge in [-0.1, -0.05) is 6.92 Å². The minimum Gasteiger partial charge on any atom is -0.481 e. The van der Waals surface area contributed by atoms with Crippen molar-refractivity contribution < 1.29 is 14.7 Å². The second-order valence-electron chi connectivity index (χ2n) is 3.21. The van der Waals surface area contributed by atoms with Gasteiger partial charge in [0.15, 0.2) is 0 Å². The number of hydrogen-bond donors (Lipinski definition) is 2. The summed E-state index contributed by atoms with van der Waals surface area (Å²) in [5.41, 5.74) is 5.06. The third-order valence-electron chi connectivity index (χ3n) is 1.78. The molecule has 5 heteroatoms. The molecule has 13 heavy (non-hydrogen) atoms. The van der Waals surface area contributed by atoms with Crippen LogP contribution < -0.4 is 5.73 Å². The van der Waals surface area contributed by atoms with Crippen molar-refractivity contribution >= 4 is 11.9 Å². The molecule has 0 fully saturated rings. The van der Waals surface area contributed by atoms with Crippen molar-refractivity contribution in [2.75, 3.05) is 20.1 Å². The predicted molar refractivity (Wildman–Crippen MR) is 48.1 cm³/mol. The van der Waals surface area contributed by atoms with Crippen LogP contribution >= 0.6 is 0 Å². The maximum absolute atomic E-state index is 10.7. The van der Waals surface area contributed by atoms with Gasteiger partial charge in [0.2, 0.25) is 5.91 Å². The molecule has 0 radical (unpaired) electrons. The Morgan fingerprint density at radius 1 is 1.54 bits per heavy atom. The quantitative estimate of drug-likeness (QED) is 0.589. The van der Waals surface area contributed by atoms with Crippen LogP contribution in [0.1, 0.15) is 13.3 Å². The summed E-state index contributed by atoms with van der Waals surface area (Å²) in [7, 11) is 1.77.